The quantitative estimate of drug-likeness (QED) is 0.323. The van der Waals surface area contributed by atoms with Crippen LogP contribution in [0.3, 0.4) is 0 Å². The topological polar surface area (TPSA) is 101 Å². The summed E-state index contributed by atoms with van der Waals surface area (Å²) < 4.78 is 19.2. The predicted molar refractivity (Wildman–Crippen MR) is 147 cm³/mol. The Labute approximate surface area is 230 Å². The molecule has 1 aromatic heterocycles. The average Bonchev–Trinajstić information content (AvgIpc) is 3.29. The summed E-state index contributed by atoms with van der Waals surface area (Å²) in [6.07, 6.45) is 1.71. The van der Waals surface area contributed by atoms with Crippen molar-refractivity contribution >= 4 is 23.6 Å². The van der Waals surface area contributed by atoms with Crippen molar-refractivity contribution in [2.75, 3.05) is 5.32 Å². The van der Waals surface area contributed by atoms with Crippen molar-refractivity contribution in [1.29, 1.82) is 0 Å². The number of rotatable bonds is 8. The van der Waals surface area contributed by atoms with Crippen molar-refractivity contribution < 1.29 is 23.5 Å². The van der Waals surface area contributed by atoms with E-state index in [4.69, 9.17) is 4.74 Å². The summed E-state index contributed by atoms with van der Waals surface area (Å²) in [5.41, 5.74) is 4.17. The van der Waals surface area contributed by atoms with E-state index in [0.717, 1.165) is 11.1 Å². The van der Waals surface area contributed by atoms with Gasteiger partial charge in [-0.05, 0) is 72.1 Å². The maximum Gasteiger partial charge on any atom is 0.411 e. The van der Waals surface area contributed by atoms with E-state index in [-0.39, 0.29) is 19.0 Å². The molecular formula is C31H27FN4O4. The third-order valence-electron chi connectivity index (χ3n) is 6.61. The highest BCUT2D eigenvalue weighted by Gasteiger charge is 2.46. The van der Waals surface area contributed by atoms with Crippen LogP contribution in [0.2, 0.25) is 0 Å². The van der Waals surface area contributed by atoms with Gasteiger partial charge in [0, 0.05) is 30.2 Å². The molecule has 1 aliphatic heterocycles. The van der Waals surface area contributed by atoms with E-state index in [9.17, 15) is 18.8 Å². The van der Waals surface area contributed by atoms with E-state index >= 15 is 0 Å². The fourth-order valence-corrected chi connectivity index (χ4v) is 4.54. The van der Waals surface area contributed by atoms with E-state index in [1.165, 1.54) is 17.0 Å². The van der Waals surface area contributed by atoms with Crippen LogP contribution in [-0.2, 0) is 22.6 Å². The van der Waals surface area contributed by atoms with Crippen molar-refractivity contribution in [3.63, 3.8) is 0 Å². The fraction of sp³-hybridized carbons (Fsp3) is 0.161. The highest BCUT2D eigenvalue weighted by Crippen LogP contribution is 2.34. The van der Waals surface area contributed by atoms with Crippen molar-refractivity contribution in [2.24, 2.45) is 0 Å². The minimum Gasteiger partial charge on any atom is -0.438 e. The number of hydrogen-bond donors (Lipinski definition) is 2. The number of cyclic esters (lactones) is 1. The Bertz CT molecular complexity index is 1510. The standard InChI is InChI=1S/C31H27FN4O4/c1-20-3-2-4-24(17-20)29(37)35-26-11-7-23(8-12-26)28-27(30(38)34-18-21-13-15-33-16-14-21)36(31(39)40-28)19-22-5-9-25(32)10-6-22/h2-17,27-28H,18-19H2,1H3,(H,34,38)(H,35,37). The van der Waals surface area contributed by atoms with Crippen LogP contribution in [0.25, 0.3) is 0 Å². The molecule has 9 heteroatoms. The third kappa shape index (κ3) is 6.15. The Balaban J connectivity index is 1.36. The van der Waals surface area contributed by atoms with Gasteiger partial charge < -0.3 is 15.4 Å². The lowest BCUT2D eigenvalue weighted by atomic mass is 10.00. The van der Waals surface area contributed by atoms with Gasteiger partial charge in [0.25, 0.3) is 5.91 Å². The molecule has 40 heavy (non-hydrogen) atoms. The first-order valence-corrected chi connectivity index (χ1v) is 12.7. The second-order valence-electron chi connectivity index (χ2n) is 9.52. The van der Waals surface area contributed by atoms with Crippen LogP contribution in [0.1, 0.15) is 38.7 Å². The van der Waals surface area contributed by atoms with Crippen molar-refractivity contribution in [2.45, 2.75) is 32.2 Å². The second-order valence-corrected chi connectivity index (χ2v) is 9.52. The highest BCUT2D eigenvalue weighted by atomic mass is 19.1. The van der Waals surface area contributed by atoms with E-state index < -0.39 is 30.0 Å². The maximum atomic E-state index is 13.5. The molecule has 3 amide bonds. The molecule has 1 saturated heterocycles. The van der Waals surface area contributed by atoms with E-state index in [1.807, 2.05) is 19.1 Å². The SMILES string of the molecule is Cc1cccc(C(=O)Nc2ccc(C3OC(=O)N(Cc4ccc(F)cc4)C3C(=O)NCc3ccncc3)cc2)c1. The predicted octanol–water partition coefficient (Wildman–Crippen LogP) is 5.16. The summed E-state index contributed by atoms with van der Waals surface area (Å²) in [6, 6.07) is 22.4. The number of anilines is 1. The molecule has 3 aromatic carbocycles. The van der Waals surface area contributed by atoms with Crippen LogP contribution in [0.5, 0.6) is 0 Å². The molecule has 1 aliphatic rings. The van der Waals surface area contributed by atoms with Gasteiger partial charge in [0.1, 0.15) is 5.82 Å². The van der Waals surface area contributed by atoms with Gasteiger partial charge >= 0.3 is 6.09 Å². The molecule has 2 atom stereocenters. The monoisotopic (exact) mass is 538 g/mol. The third-order valence-corrected chi connectivity index (χ3v) is 6.61. The number of benzene rings is 3. The Kier molecular flexibility index (Phi) is 7.82. The molecule has 8 nitrogen and oxygen atoms in total. The highest BCUT2D eigenvalue weighted by molar-refractivity contribution is 6.04. The van der Waals surface area contributed by atoms with Gasteiger partial charge in [-0.25, -0.2) is 9.18 Å². The second kappa shape index (κ2) is 11.8. The zero-order chi connectivity index (χ0) is 28.1. The van der Waals surface area contributed by atoms with Crippen LogP contribution >= 0.6 is 0 Å². The average molecular weight is 539 g/mol. The van der Waals surface area contributed by atoms with E-state index in [1.54, 1.807) is 73.1 Å². The first kappa shape index (κ1) is 26.6. The summed E-state index contributed by atoms with van der Waals surface area (Å²) in [5, 5.41) is 5.75. The van der Waals surface area contributed by atoms with Crippen LogP contribution in [0, 0.1) is 12.7 Å². The maximum absolute atomic E-state index is 13.5. The zero-order valence-corrected chi connectivity index (χ0v) is 21.7. The Morgan fingerprint density at radius 2 is 1.68 bits per heavy atom. The van der Waals surface area contributed by atoms with E-state index in [2.05, 4.69) is 15.6 Å². The molecule has 0 bridgehead atoms. The number of hydrogen-bond acceptors (Lipinski definition) is 5. The molecule has 1 fully saturated rings. The van der Waals surface area contributed by atoms with Gasteiger partial charge in [0.15, 0.2) is 12.1 Å². The van der Waals surface area contributed by atoms with Gasteiger partial charge in [-0.1, -0.05) is 42.0 Å². The number of nitrogens with one attached hydrogen (secondary N) is 2. The van der Waals surface area contributed by atoms with Crippen molar-refractivity contribution in [3.8, 4) is 0 Å². The lowest BCUT2D eigenvalue weighted by Gasteiger charge is -2.24. The van der Waals surface area contributed by atoms with Crippen LogP contribution in [0.4, 0.5) is 14.9 Å². The summed E-state index contributed by atoms with van der Waals surface area (Å²) in [5.74, 6) is -1.04. The number of amides is 3. The molecule has 202 valence electrons. The molecule has 4 aromatic rings. The number of halogens is 1. The Hall–Kier alpha value is -5.05. The number of carbonyl (C=O) groups excluding carboxylic acids is 3. The Morgan fingerprint density at radius 1 is 0.950 bits per heavy atom. The molecule has 2 N–H and O–H groups in total. The van der Waals surface area contributed by atoms with Crippen LogP contribution in [-0.4, -0.2) is 33.8 Å². The lowest BCUT2D eigenvalue weighted by molar-refractivity contribution is -0.126. The summed E-state index contributed by atoms with van der Waals surface area (Å²) in [4.78, 5) is 44.5. The number of aryl methyl sites for hydroxylation is 1. The number of pyridine rings is 1. The summed E-state index contributed by atoms with van der Waals surface area (Å²) in [7, 11) is 0. The molecule has 2 heterocycles. The lowest BCUT2D eigenvalue weighted by Crippen LogP contribution is -2.46. The zero-order valence-electron chi connectivity index (χ0n) is 21.7. The first-order valence-electron chi connectivity index (χ1n) is 12.7. The number of carbonyl (C=O) groups is 3. The fourth-order valence-electron chi connectivity index (χ4n) is 4.54. The van der Waals surface area contributed by atoms with Gasteiger partial charge in [-0.15, -0.1) is 0 Å². The molecule has 0 radical (unpaired) electrons. The molecule has 2 unspecified atom stereocenters. The van der Waals surface area contributed by atoms with Gasteiger partial charge in [0.2, 0.25) is 5.91 Å². The number of nitrogens with zero attached hydrogens (tertiary/aromatic N) is 2. The van der Waals surface area contributed by atoms with Crippen LogP contribution in [0.15, 0.2) is 97.3 Å². The summed E-state index contributed by atoms with van der Waals surface area (Å²) in [6.45, 7) is 2.22. The van der Waals surface area contributed by atoms with Gasteiger partial charge in [0.05, 0.1) is 6.54 Å². The van der Waals surface area contributed by atoms with Crippen LogP contribution < -0.4 is 10.6 Å². The van der Waals surface area contributed by atoms with Gasteiger partial charge in [-0.3, -0.25) is 19.5 Å². The summed E-state index contributed by atoms with van der Waals surface area (Å²) >= 11 is 0. The number of aromatic nitrogens is 1. The molecule has 0 aliphatic carbocycles. The molecule has 0 spiro atoms. The molecular weight excluding hydrogens is 511 g/mol. The molecule has 0 saturated carbocycles. The van der Waals surface area contributed by atoms with E-state index in [0.29, 0.717) is 22.4 Å². The largest absolute Gasteiger partial charge is 0.438 e. The van der Waals surface area contributed by atoms with Crippen molar-refractivity contribution in [1.82, 2.24) is 15.2 Å². The first-order chi connectivity index (χ1) is 19.4. The Morgan fingerprint density at radius 3 is 2.38 bits per heavy atom. The van der Waals surface area contributed by atoms with Crippen molar-refractivity contribution in [3.05, 3.63) is 131 Å². The smallest absolute Gasteiger partial charge is 0.411 e. The minimum absolute atomic E-state index is 0.0631. The normalized spacial score (nSPS) is 16.4. The van der Waals surface area contributed by atoms with Gasteiger partial charge in [-0.2, -0.15) is 0 Å². The molecule has 5 rings (SSSR count). The minimum atomic E-state index is -0.980. The number of ether oxygens (including phenoxy) is 1.